The molecule has 1 unspecified atom stereocenters. The van der Waals surface area contributed by atoms with E-state index < -0.39 is 4.92 Å². The first-order valence-corrected chi connectivity index (χ1v) is 7.75. The van der Waals surface area contributed by atoms with Crippen LogP contribution in [0.2, 0.25) is 0 Å². The van der Waals surface area contributed by atoms with Crippen LogP contribution >= 0.6 is 0 Å². The van der Waals surface area contributed by atoms with Gasteiger partial charge in [-0.2, -0.15) is 5.10 Å². The van der Waals surface area contributed by atoms with Crippen LogP contribution in [0.5, 0.6) is 5.75 Å². The molecule has 2 aromatic rings. The molecule has 1 amide bonds. The Morgan fingerprint density at radius 2 is 2.12 bits per heavy atom. The smallest absolute Gasteiger partial charge is 0.269 e. The molecular weight excluding hydrogens is 312 g/mol. The molecule has 1 heterocycles. The Labute approximate surface area is 138 Å². The first-order valence-electron chi connectivity index (χ1n) is 7.75. The Morgan fingerprint density at radius 1 is 1.42 bits per heavy atom. The minimum atomic E-state index is -0.487. The van der Waals surface area contributed by atoms with Gasteiger partial charge < -0.3 is 10.1 Å². The summed E-state index contributed by atoms with van der Waals surface area (Å²) in [5.41, 5.74) is -0.0234. The molecule has 24 heavy (non-hydrogen) atoms. The predicted octanol–water partition coefficient (Wildman–Crippen LogP) is 2.78. The Hall–Kier alpha value is -2.90. The van der Waals surface area contributed by atoms with Crippen molar-refractivity contribution in [3.63, 3.8) is 0 Å². The highest BCUT2D eigenvalue weighted by molar-refractivity contribution is 5.91. The van der Waals surface area contributed by atoms with Crippen LogP contribution in [-0.2, 0) is 4.79 Å². The van der Waals surface area contributed by atoms with Crippen molar-refractivity contribution >= 4 is 17.4 Å². The number of non-ortho nitro benzene ring substituents is 1. The van der Waals surface area contributed by atoms with E-state index in [0.717, 1.165) is 0 Å². The highest BCUT2D eigenvalue weighted by Gasteiger charge is 2.30. The SMILES string of the molecule is CC(C1CC1)n1nccc1NC(=O)COc1ccc([N+](=O)[O-])cc1. The molecule has 0 radical (unpaired) electrons. The first kappa shape index (κ1) is 16.0. The number of nitro groups is 1. The number of hydrogen-bond acceptors (Lipinski definition) is 5. The van der Waals surface area contributed by atoms with E-state index in [-0.39, 0.29) is 24.2 Å². The number of nitrogens with one attached hydrogen (secondary N) is 1. The molecule has 8 nitrogen and oxygen atoms in total. The van der Waals surface area contributed by atoms with Gasteiger partial charge in [-0.05, 0) is 37.8 Å². The largest absolute Gasteiger partial charge is 0.484 e. The van der Waals surface area contributed by atoms with Crippen molar-refractivity contribution in [2.45, 2.75) is 25.8 Å². The molecule has 1 atom stereocenters. The van der Waals surface area contributed by atoms with Crippen LogP contribution in [0.1, 0.15) is 25.8 Å². The van der Waals surface area contributed by atoms with Gasteiger partial charge in [-0.25, -0.2) is 4.68 Å². The number of nitrogens with zero attached hydrogens (tertiary/aromatic N) is 3. The van der Waals surface area contributed by atoms with Crippen molar-refractivity contribution in [2.24, 2.45) is 5.92 Å². The maximum absolute atomic E-state index is 12.0. The van der Waals surface area contributed by atoms with Gasteiger partial charge in [0.1, 0.15) is 11.6 Å². The second kappa shape index (κ2) is 6.69. The maximum atomic E-state index is 12.0. The summed E-state index contributed by atoms with van der Waals surface area (Å²) in [6.07, 6.45) is 4.04. The Bertz CT molecular complexity index is 737. The van der Waals surface area contributed by atoms with Crippen LogP contribution in [0, 0.1) is 16.0 Å². The van der Waals surface area contributed by atoms with Gasteiger partial charge in [0, 0.05) is 18.2 Å². The van der Waals surface area contributed by atoms with Gasteiger partial charge in [0.25, 0.3) is 11.6 Å². The molecule has 8 heteroatoms. The van der Waals surface area contributed by atoms with Crippen LogP contribution in [0.4, 0.5) is 11.5 Å². The molecule has 1 aliphatic carbocycles. The lowest BCUT2D eigenvalue weighted by Gasteiger charge is -2.15. The maximum Gasteiger partial charge on any atom is 0.269 e. The average Bonchev–Trinajstić information content (AvgIpc) is 3.32. The number of ether oxygens (including phenoxy) is 1. The quantitative estimate of drug-likeness (QED) is 0.621. The minimum absolute atomic E-state index is 0.0234. The van der Waals surface area contributed by atoms with Crippen LogP contribution in [0.3, 0.4) is 0 Å². The average molecular weight is 330 g/mol. The summed E-state index contributed by atoms with van der Waals surface area (Å²) in [7, 11) is 0. The third kappa shape index (κ3) is 3.70. The zero-order chi connectivity index (χ0) is 17.1. The molecule has 1 aliphatic rings. The molecular formula is C16H18N4O4. The summed E-state index contributed by atoms with van der Waals surface area (Å²) in [6.45, 7) is 1.91. The Balaban J connectivity index is 1.54. The zero-order valence-electron chi connectivity index (χ0n) is 13.2. The van der Waals surface area contributed by atoms with Gasteiger partial charge in [0.2, 0.25) is 0 Å². The number of rotatable bonds is 7. The number of carbonyl (C=O) groups excluding carboxylic acids is 1. The summed E-state index contributed by atoms with van der Waals surface area (Å²) in [5, 5.41) is 17.6. The molecule has 1 saturated carbocycles. The van der Waals surface area contributed by atoms with Crippen molar-refractivity contribution in [3.05, 3.63) is 46.6 Å². The molecule has 0 bridgehead atoms. The standard InChI is InChI=1S/C16H18N4O4/c1-11(12-2-3-12)19-15(8-9-17-19)18-16(21)10-24-14-6-4-13(5-7-14)20(22)23/h4-9,11-12H,2-3,10H2,1H3,(H,18,21). The van der Waals surface area contributed by atoms with Crippen molar-refractivity contribution < 1.29 is 14.5 Å². The van der Waals surface area contributed by atoms with Gasteiger partial charge in [-0.3, -0.25) is 14.9 Å². The van der Waals surface area contributed by atoms with Crippen molar-refractivity contribution in [2.75, 3.05) is 11.9 Å². The normalized spacial score (nSPS) is 14.9. The molecule has 1 aromatic heterocycles. The molecule has 1 aromatic carbocycles. The number of nitro benzene ring substituents is 1. The predicted molar refractivity (Wildman–Crippen MR) is 86.9 cm³/mol. The Kier molecular flexibility index (Phi) is 4.45. The van der Waals surface area contributed by atoms with Gasteiger partial charge in [-0.1, -0.05) is 0 Å². The highest BCUT2D eigenvalue weighted by atomic mass is 16.6. The molecule has 0 saturated heterocycles. The van der Waals surface area contributed by atoms with E-state index >= 15 is 0 Å². The molecule has 1 fully saturated rings. The second-order valence-corrected chi connectivity index (χ2v) is 5.83. The molecule has 0 spiro atoms. The van der Waals surface area contributed by atoms with Gasteiger partial charge in [-0.15, -0.1) is 0 Å². The lowest BCUT2D eigenvalue weighted by Crippen LogP contribution is -2.23. The number of aromatic nitrogens is 2. The molecule has 1 N–H and O–H groups in total. The van der Waals surface area contributed by atoms with Crippen molar-refractivity contribution in [1.29, 1.82) is 0 Å². The molecule has 3 rings (SSSR count). The lowest BCUT2D eigenvalue weighted by molar-refractivity contribution is -0.384. The van der Waals surface area contributed by atoms with Crippen LogP contribution in [0.15, 0.2) is 36.5 Å². The monoisotopic (exact) mass is 330 g/mol. The van der Waals surface area contributed by atoms with E-state index in [1.807, 2.05) is 4.68 Å². The number of amides is 1. The summed E-state index contributed by atoms with van der Waals surface area (Å²) >= 11 is 0. The zero-order valence-corrected chi connectivity index (χ0v) is 13.2. The van der Waals surface area contributed by atoms with Crippen LogP contribution in [0.25, 0.3) is 0 Å². The van der Waals surface area contributed by atoms with E-state index in [2.05, 4.69) is 17.3 Å². The van der Waals surface area contributed by atoms with E-state index in [9.17, 15) is 14.9 Å². The minimum Gasteiger partial charge on any atom is -0.484 e. The number of hydrogen-bond donors (Lipinski definition) is 1. The van der Waals surface area contributed by atoms with Crippen LogP contribution < -0.4 is 10.1 Å². The fourth-order valence-corrected chi connectivity index (χ4v) is 2.51. The molecule has 126 valence electrons. The summed E-state index contributed by atoms with van der Waals surface area (Å²) in [5.74, 6) is 1.36. The molecule has 0 aliphatic heterocycles. The summed E-state index contributed by atoms with van der Waals surface area (Å²) in [4.78, 5) is 22.1. The fraction of sp³-hybridized carbons (Fsp3) is 0.375. The van der Waals surface area contributed by atoms with Gasteiger partial charge >= 0.3 is 0 Å². The first-order chi connectivity index (χ1) is 11.5. The summed E-state index contributed by atoms with van der Waals surface area (Å²) < 4.78 is 7.17. The third-order valence-electron chi connectivity index (χ3n) is 4.05. The van der Waals surface area contributed by atoms with Crippen molar-refractivity contribution in [1.82, 2.24) is 9.78 Å². The van der Waals surface area contributed by atoms with Crippen LogP contribution in [-0.4, -0.2) is 27.2 Å². The topological polar surface area (TPSA) is 99.3 Å². The third-order valence-corrected chi connectivity index (χ3v) is 4.05. The van der Waals surface area contributed by atoms with E-state index in [1.54, 1.807) is 12.3 Å². The van der Waals surface area contributed by atoms with Gasteiger partial charge in [0.05, 0.1) is 17.2 Å². The van der Waals surface area contributed by atoms with E-state index in [0.29, 0.717) is 17.5 Å². The lowest BCUT2D eigenvalue weighted by atomic mass is 10.2. The number of anilines is 1. The van der Waals surface area contributed by atoms with E-state index in [4.69, 9.17) is 4.74 Å². The number of benzene rings is 1. The highest BCUT2D eigenvalue weighted by Crippen LogP contribution is 2.40. The van der Waals surface area contributed by atoms with E-state index in [1.165, 1.54) is 37.1 Å². The fourth-order valence-electron chi connectivity index (χ4n) is 2.51. The van der Waals surface area contributed by atoms with Gasteiger partial charge in [0.15, 0.2) is 6.61 Å². The van der Waals surface area contributed by atoms with Crippen molar-refractivity contribution in [3.8, 4) is 5.75 Å². The number of carbonyl (C=O) groups is 1. The second-order valence-electron chi connectivity index (χ2n) is 5.83. The Morgan fingerprint density at radius 3 is 2.75 bits per heavy atom. The summed E-state index contributed by atoms with van der Waals surface area (Å²) in [6, 6.07) is 7.60.